The second-order valence-electron chi connectivity index (χ2n) is 2.48. The van der Waals surface area contributed by atoms with Crippen LogP contribution in [-0.4, -0.2) is 15.0 Å². The van der Waals surface area contributed by atoms with Crippen LogP contribution in [0.3, 0.4) is 0 Å². The minimum Gasteiger partial charge on any atom is -0.465 e. The first-order valence-electron chi connectivity index (χ1n) is 4.00. The lowest BCUT2D eigenvalue weighted by atomic mass is 10.3. The van der Waals surface area contributed by atoms with Gasteiger partial charge in [0.15, 0.2) is 10.7 Å². The zero-order valence-electron chi connectivity index (χ0n) is 7.42. The predicted molar refractivity (Wildman–Crippen MR) is 53.8 cm³/mol. The highest BCUT2D eigenvalue weighted by Gasteiger charge is 1.94. The SMILES string of the molecule is NCC=COc1ccc([SH](=O)=O)cc1. The average Bonchev–Trinajstić information content (AvgIpc) is 2.19. The summed E-state index contributed by atoms with van der Waals surface area (Å²) in [4.78, 5) is 0.273. The first-order valence-corrected chi connectivity index (χ1v) is 5.18. The van der Waals surface area contributed by atoms with Gasteiger partial charge < -0.3 is 10.5 Å². The Bertz CT molecular complexity index is 374. The molecule has 0 aromatic heterocycles. The number of benzene rings is 1. The highest BCUT2D eigenvalue weighted by atomic mass is 32.2. The minimum atomic E-state index is -2.52. The van der Waals surface area contributed by atoms with Gasteiger partial charge in [-0.05, 0) is 30.3 Å². The molecule has 0 fully saturated rings. The second kappa shape index (κ2) is 5.41. The van der Waals surface area contributed by atoms with Crippen molar-refractivity contribution in [2.75, 3.05) is 6.54 Å². The number of ether oxygens (including phenoxy) is 1. The highest BCUT2D eigenvalue weighted by Crippen LogP contribution is 2.12. The fourth-order valence-electron chi connectivity index (χ4n) is 0.829. The van der Waals surface area contributed by atoms with E-state index in [1.165, 1.54) is 18.4 Å². The van der Waals surface area contributed by atoms with E-state index >= 15 is 0 Å². The van der Waals surface area contributed by atoms with Gasteiger partial charge in [0.1, 0.15) is 5.75 Å². The maximum atomic E-state index is 10.5. The average molecular weight is 213 g/mol. The highest BCUT2D eigenvalue weighted by molar-refractivity contribution is 7.72. The number of thiol groups is 1. The van der Waals surface area contributed by atoms with Gasteiger partial charge in [-0.25, -0.2) is 8.42 Å². The van der Waals surface area contributed by atoms with E-state index in [-0.39, 0.29) is 4.90 Å². The summed E-state index contributed by atoms with van der Waals surface area (Å²) < 4.78 is 26.2. The molecule has 14 heavy (non-hydrogen) atoms. The van der Waals surface area contributed by atoms with E-state index in [0.717, 1.165) is 0 Å². The van der Waals surface area contributed by atoms with Crippen LogP contribution in [0.15, 0.2) is 41.5 Å². The summed E-state index contributed by atoms with van der Waals surface area (Å²) in [6, 6.07) is 6.14. The van der Waals surface area contributed by atoms with Crippen LogP contribution in [0, 0.1) is 0 Å². The number of rotatable bonds is 4. The number of nitrogens with two attached hydrogens (primary N) is 1. The smallest absolute Gasteiger partial charge is 0.168 e. The van der Waals surface area contributed by atoms with Gasteiger partial charge >= 0.3 is 0 Å². The molecule has 0 atom stereocenters. The Morgan fingerprint density at radius 1 is 1.29 bits per heavy atom. The molecule has 0 bridgehead atoms. The van der Waals surface area contributed by atoms with Crippen molar-refractivity contribution in [3.63, 3.8) is 0 Å². The lowest BCUT2D eigenvalue weighted by Gasteiger charge is -1.98. The fraction of sp³-hybridized carbons (Fsp3) is 0.111. The standard InChI is InChI=1S/C9H11NO3S/c10-6-1-7-13-8-2-4-9(5-3-8)14(11)12/h1-5,7,14H,6,10H2. The molecule has 2 N–H and O–H groups in total. The molecule has 5 heteroatoms. The molecule has 0 aliphatic heterocycles. The molecule has 0 aliphatic carbocycles. The van der Waals surface area contributed by atoms with E-state index in [9.17, 15) is 8.42 Å². The van der Waals surface area contributed by atoms with Crippen LogP contribution in [0.2, 0.25) is 0 Å². The van der Waals surface area contributed by atoms with Gasteiger partial charge in [-0.15, -0.1) is 0 Å². The van der Waals surface area contributed by atoms with Crippen molar-refractivity contribution in [1.82, 2.24) is 0 Å². The maximum absolute atomic E-state index is 10.5. The van der Waals surface area contributed by atoms with Crippen molar-refractivity contribution in [3.8, 4) is 5.75 Å². The minimum absolute atomic E-state index is 0.273. The van der Waals surface area contributed by atoms with Crippen molar-refractivity contribution in [1.29, 1.82) is 0 Å². The molecular weight excluding hydrogens is 202 g/mol. The summed E-state index contributed by atoms with van der Waals surface area (Å²) >= 11 is 0. The fourth-order valence-corrected chi connectivity index (χ4v) is 1.22. The van der Waals surface area contributed by atoms with Gasteiger partial charge in [-0.2, -0.15) is 0 Å². The first kappa shape index (κ1) is 10.7. The van der Waals surface area contributed by atoms with Crippen molar-refractivity contribution in [2.24, 2.45) is 5.73 Å². The Balaban J connectivity index is 2.69. The quantitative estimate of drug-likeness (QED) is 0.564. The Morgan fingerprint density at radius 2 is 1.93 bits per heavy atom. The Hall–Kier alpha value is -1.33. The summed E-state index contributed by atoms with van der Waals surface area (Å²) in [5.41, 5.74) is 5.21. The molecule has 0 radical (unpaired) electrons. The summed E-state index contributed by atoms with van der Waals surface area (Å²) in [5, 5.41) is 0. The number of hydrogen-bond donors (Lipinski definition) is 2. The van der Waals surface area contributed by atoms with Crippen molar-refractivity contribution >= 4 is 10.7 Å². The third kappa shape index (κ3) is 3.20. The zero-order valence-corrected chi connectivity index (χ0v) is 8.31. The molecule has 1 rings (SSSR count). The molecule has 0 unspecified atom stereocenters. The third-order valence-electron chi connectivity index (χ3n) is 1.48. The molecule has 1 aromatic rings. The van der Waals surface area contributed by atoms with Gasteiger partial charge in [0, 0.05) is 6.54 Å². The van der Waals surface area contributed by atoms with E-state index in [1.54, 1.807) is 18.2 Å². The van der Waals surface area contributed by atoms with Crippen LogP contribution in [0.1, 0.15) is 0 Å². The molecule has 4 nitrogen and oxygen atoms in total. The Kier molecular flexibility index (Phi) is 4.15. The van der Waals surface area contributed by atoms with Gasteiger partial charge in [-0.3, -0.25) is 0 Å². The van der Waals surface area contributed by atoms with E-state index in [4.69, 9.17) is 10.5 Å². The molecule has 0 heterocycles. The molecule has 76 valence electrons. The first-order chi connectivity index (χ1) is 6.74. The van der Waals surface area contributed by atoms with E-state index in [1.807, 2.05) is 0 Å². The van der Waals surface area contributed by atoms with Crippen molar-refractivity contribution in [3.05, 3.63) is 36.6 Å². The van der Waals surface area contributed by atoms with Crippen LogP contribution < -0.4 is 10.5 Å². The van der Waals surface area contributed by atoms with Crippen LogP contribution in [0.25, 0.3) is 0 Å². The second-order valence-corrected chi connectivity index (χ2v) is 3.51. The lowest BCUT2D eigenvalue weighted by Crippen LogP contribution is -1.93. The van der Waals surface area contributed by atoms with Crippen LogP contribution >= 0.6 is 0 Å². The Morgan fingerprint density at radius 3 is 2.43 bits per heavy atom. The number of hydrogen-bond acceptors (Lipinski definition) is 4. The molecule has 1 aromatic carbocycles. The van der Waals surface area contributed by atoms with Gasteiger partial charge in [0.2, 0.25) is 0 Å². The normalized spacial score (nSPS) is 11.0. The predicted octanol–water partition coefficient (Wildman–Crippen LogP) is 0.508. The van der Waals surface area contributed by atoms with E-state index in [0.29, 0.717) is 12.3 Å². The topological polar surface area (TPSA) is 69.4 Å². The monoisotopic (exact) mass is 213 g/mol. The van der Waals surface area contributed by atoms with Gasteiger partial charge in [0.25, 0.3) is 0 Å². The molecule has 0 saturated heterocycles. The maximum Gasteiger partial charge on any atom is 0.168 e. The Labute approximate surface area is 83.9 Å². The zero-order chi connectivity index (χ0) is 10.4. The molecule has 0 aliphatic rings. The van der Waals surface area contributed by atoms with Crippen molar-refractivity contribution in [2.45, 2.75) is 4.90 Å². The van der Waals surface area contributed by atoms with Crippen LogP contribution in [-0.2, 0) is 10.7 Å². The summed E-state index contributed by atoms with van der Waals surface area (Å²) in [6.07, 6.45) is 3.12. The molecule has 0 spiro atoms. The summed E-state index contributed by atoms with van der Waals surface area (Å²) in [5.74, 6) is 0.579. The van der Waals surface area contributed by atoms with Crippen LogP contribution in [0.5, 0.6) is 5.75 Å². The van der Waals surface area contributed by atoms with E-state index in [2.05, 4.69) is 0 Å². The van der Waals surface area contributed by atoms with E-state index < -0.39 is 10.7 Å². The van der Waals surface area contributed by atoms with Crippen molar-refractivity contribution < 1.29 is 13.2 Å². The largest absolute Gasteiger partial charge is 0.465 e. The summed E-state index contributed by atoms with van der Waals surface area (Å²) in [6.45, 7) is 0.407. The van der Waals surface area contributed by atoms with Gasteiger partial charge in [-0.1, -0.05) is 0 Å². The summed E-state index contributed by atoms with van der Waals surface area (Å²) in [7, 11) is -2.52. The lowest BCUT2D eigenvalue weighted by molar-refractivity contribution is 0.479. The molecule has 0 saturated carbocycles. The van der Waals surface area contributed by atoms with Crippen LogP contribution in [0.4, 0.5) is 0 Å². The van der Waals surface area contributed by atoms with Gasteiger partial charge in [0.05, 0.1) is 11.2 Å². The third-order valence-corrected chi connectivity index (χ3v) is 2.20. The molecule has 0 amide bonds. The molecular formula is C9H11NO3S.